The number of ether oxygens (including phenoxy) is 1. The fourth-order valence-corrected chi connectivity index (χ4v) is 12.3. The van der Waals surface area contributed by atoms with Crippen LogP contribution < -0.4 is 5.32 Å². The van der Waals surface area contributed by atoms with E-state index in [1.54, 1.807) is 6.08 Å². The number of esters is 1. The van der Waals surface area contributed by atoms with Crippen molar-refractivity contribution in [3.05, 3.63) is 12.2 Å². The summed E-state index contributed by atoms with van der Waals surface area (Å²) in [7, 11) is 0. The Labute approximate surface area is 514 Å². The van der Waals surface area contributed by atoms with Crippen molar-refractivity contribution in [1.29, 1.82) is 0 Å². The van der Waals surface area contributed by atoms with Crippen molar-refractivity contribution in [1.82, 2.24) is 5.32 Å². The fourth-order valence-electron chi connectivity index (χ4n) is 12.3. The Morgan fingerprint density at radius 1 is 0.329 bits per heavy atom. The van der Waals surface area contributed by atoms with Gasteiger partial charge < -0.3 is 20.3 Å². The van der Waals surface area contributed by atoms with Gasteiger partial charge in [0.25, 0.3) is 0 Å². The van der Waals surface area contributed by atoms with Crippen LogP contribution >= 0.6 is 0 Å². The molecule has 0 saturated heterocycles. The number of aliphatic hydroxyl groups is 2. The predicted molar refractivity (Wildman–Crippen MR) is 361 cm³/mol. The number of amides is 1. The van der Waals surface area contributed by atoms with Gasteiger partial charge in [0.15, 0.2) is 0 Å². The lowest BCUT2D eigenvalue weighted by Gasteiger charge is -2.20. The van der Waals surface area contributed by atoms with E-state index in [4.69, 9.17) is 4.74 Å². The lowest BCUT2D eigenvalue weighted by molar-refractivity contribution is -0.143. The molecule has 6 heteroatoms. The molecule has 0 aromatic rings. The van der Waals surface area contributed by atoms with E-state index in [0.717, 1.165) is 38.5 Å². The molecule has 0 aliphatic rings. The van der Waals surface area contributed by atoms with Crippen molar-refractivity contribution in [3.8, 4) is 0 Å². The average Bonchev–Trinajstić information content (AvgIpc) is 3.48. The van der Waals surface area contributed by atoms with Gasteiger partial charge in [0.2, 0.25) is 5.91 Å². The molecular weight excluding hydrogens is 1010 g/mol. The summed E-state index contributed by atoms with van der Waals surface area (Å²) in [6, 6.07) is -0.622. The maximum Gasteiger partial charge on any atom is 0.305 e. The van der Waals surface area contributed by atoms with Gasteiger partial charge in [-0.05, 0) is 32.1 Å². The van der Waals surface area contributed by atoms with E-state index in [9.17, 15) is 19.8 Å². The molecule has 488 valence electrons. The minimum atomic E-state index is -0.839. The Hall–Kier alpha value is -1.40. The number of allylic oxidation sites excluding steroid dienone is 1. The molecule has 0 bridgehead atoms. The van der Waals surface area contributed by atoms with Crippen LogP contribution in [0.25, 0.3) is 0 Å². The summed E-state index contributed by atoms with van der Waals surface area (Å²) < 4.78 is 5.50. The molecule has 2 unspecified atom stereocenters. The van der Waals surface area contributed by atoms with E-state index < -0.39 is 12.1 Å². The van der Waals surface area contributed by atoms with Crippen LogP contribution in [-0.2, 0) is 14.3 Å². The van der Waals surface area contributed by atoms with Crippen molar-refractivity contribution in [3.63, 3.8) is 0 Å². The molecule has 2 atom stereocenters. The van der Waals surface area contributed by atoms with E-state index in [-0.39, 0.29) is 18.5 Å². The number of hydrogen-bond acceptors (Lipinski definition) is 5. The first-order chi connectivity index (χ1) is 40.5. The van der Waals surface area contributed by atoms with Gasteiger partial charge in [-0.25, -0.2) is 0 Å². The Kier molecular flexibility index (Phi) is 70.8. The van der Waals surface area contributed by atoms with Crippen LogP contribution in [-0.4, -0.2) is 47.4 Å². The van der Waals surface area contributed by atoms with Gasteiger partial charge in [0.1, 0.15) is 0 Å². The van der Waals surface area contributed by atoms with Crippen LogP contribution in [0.4, 0.5) is 0 Å². The molecule has 0 aliphatic carbocycles. The smallest absolute Gasteiger partial charge is 0.305 e. The van der Waals surface area contributed by atoms with Crippen molar-refractivity contribution in [2.75, 3.05) is 13.2 Å². The maximum absolute atomic E-state index is 12.5. The van der Waals surface area contributed by atoms with Gasteiger partial charge in [-0.3, -0.25) is 9.59 Å². The van der Waals surface area contributed by atoms with E-state index in [1.807, 2.05) is 6.08 Å². The van der Waals surface area contributed by atoms with Gasteiger partial charge in [-0.2, -0.15) is 0 Å². The molecule has 0 aromatic carbocycles. The van der Waals surface area contributed by atoms with E-state index in [0.29, 0.717) is 19.4 Å². The molecule has 0 rings (SSSR count). The Morgan fingerprint density at radius 3 is 0.829 bits per heavy atom. The van der Waals surface area contributed by atoms with Gasteiger partial charge >= 0.3 is 5.97 Å². The first-order valence-corrected chi connectivity index (χ1v) is 38.0. The third-order valence-corrected chi connectivity index (χ3v) is 18.1. The van der Waals surface area contributed by atoms with Crippen molar-refractivity contribution in [2.45, 2.75) is 450 Å². The van der Waals surface area contributed by atoms with Crippen molar-refractivity contribution >= 4 is 11.9 Å². The summed E-state index contributed by atoms with van der Waals surface area (Å²) in [5.74, 6) is -0.0334. The van der Waals surface area contributed by atoms with Gasteiger partial charge in [0, 0.05) is 12.8 Å². The zero-order valence-corrected chi connectivity index (χ0v) is 56.0. The topological polar surface area (TPSA) is 95.9 Å². The molecule has 3 N–H and O–H groups in total. The highest BCUT2D eigenvalue weighted by Crippen LogP contribution is 2.20. The van der Waals surface area contributed by atoms with Crippen molar-refractivity contribution in [2.24, 2.45) is 0 Å². The normalized spacial score (nSPS) is 12.5. The second-order valence-electron chi connectivity index (χ2n) is 26.4. The second-order valence-corrected chi connectivity index (χ2v) is 26.4. The third-order valence-electron chi connectivity index (χ3n) is 18.1. The van der Waals surface area contributed by atoms with Crippen LogP contribution in [0.1, 0.15) is 438 Å². The number of aliphatic hydroxyl groups excluding tert-OH is 2. The molecular formula is C76H149NO5. The highest BCUT2D eigenvalue weighted by atomic mass is 16.5. The zero-order valence-electron chi connectivity index (χ0n) is 56.0. The molecule has 0 aromatic heterocycles. The molecule has 0 heterocycles. The summed E-state index contributed by atoms with van der Waals surface area (Å²) in [5, 5.41) is 23.2. The summed E-state index contributed by atoms with van der Waals surface area (Å²) in [6.45, 7) is 4.95. The minimum Gasteiger partial charge on any atom is -0.466 e. The molecule has 0 radical (unpaired) electrons. The van der Waals surface area contributed by atoms with E-state index >= 15 is 0 Å². The van der Waals surface area contributed by atoms with Crippen molar-refractivity contribution < 1.29 is 24.5 Å². The Bertz CT molecular complexity index is 1240. The van der Waals surface area contributed by atoms with E-state index in [1.165, 1.54) is 372 Å². The van der Waals surface area contributed by atoms with Crippen LogP contribution in [0.5, 0.6) is 0 Å². The SMILES string of the molecule is CCCCCCCCCCCCCCC/C=C/C(O)C(CO)NC(=O)CCCCCCCCCCCCCCCCCCCCCCCCCCCCCCCCCCCCCCCOC(=O)CCCCCCCCCCCCCCC. The summed E-state index contributed by atoms with van der Waals surface area (Å²) in [5.41, 5.74) is 0. The van der Waals surface area contributed by atoms with Crippen LogP contribution in [0, 0.1) is 0 Å². The number of carbonyl (C=O) groups is 2. The first kappa shape index (κ1) is 80.6. The molecule has 0 aliphatic heterocycles. The quantitative estimate of drug-likeness (QED) is 0.0320. The van der Waals surface area contributed by atoms with Crippen LogP contribution in [0.3, 0.4) is 0 Å². The molecule has 6 nitrogen and oxygen atoms in total. The number of unbranched alkanes of at least 4 members (excludes halogenated alkanes) is 61. The number of carbonyl (C=O) groups excluding carboxylic acids is 2. The summed E-state index contributed by atoms with van der Waals surface area (Å²) in [6.07, 6.45) is 90.5. The van der Waals surface area contributed by atoms with Gasteiger partial charge in [-0.15, -0.1) is 0 Å². The predicted octanol–water partition coefficient (Wildman–Crippen LogP) is 24.7. The van der Waals surface area contributed by atoms with Crippen LogP contribution in [0.2, 0.25) is 0 Å². The summed E-state index contributed by atoms with van der Waals surface area (Å²) >= 11 is 0. The monoisotopic (exact) mass is 1160 g/mol. The molecule has 82 heavy (non-hydrogen) atoms. The number of nitrogens with one attached hydrogen (secondary N) is 1. The van der Waals surface area contributed by atoms with E-state index in [2.05, 4.69) is 19.2 Å². The third kappa shape index (κ3) is 67.7. The Balaban J connectivity index is 3.30. The average molecular weight is 1160 g/mol. The molecule has 0 saturated carbocycles. The highest BCUT2D eigenvalue weighted by molar-refractivity contribution is 5.76. The largest absolute Gasteiger partial charge is 0.466 e. The fraction of sp³-hybridized carbons (Fsp3) is 0.947. The minimum absolute atomic E-state index is 0.0256. The van der Waals surface area contributed by atoms with Gasteiger partial charge in [0.05, 0.1) is 25.4 Å². The molecule has 0 spiro atoms. The second kappa shape index (κ2) is 72.1. The molecule has 1 amide bonds. The molecule has 0 fully saturated rings. The number of rotatable bonds is 72. The number of hydrogen-bond donors (Lipinski definition) is 3. The first-order valence-electron chi connectivity index (χ1n) is 38.0. The summed E-state index contributed by atoms with van der Waals surface area (Å²) in [4.78, 5) is 24.5. The highest BCUT2D eigenvalue weighted by Gasteiger charge is 2.18. The lowest BCUT2D eigenvalue weighted by Crippen LogP contribution is -2.45. The Morgan fingerprint density at radius 2 is 0.561 bits per heavy atom. The van der Waals surface area contributed by atoms with Crippen LogP contribution in [0.15, 0.2) is 12.2 Å². The van der Waals surface area contributed by atoms with Gasteiger partial charge in [-0.1, -0.05) is 405 Å². The zero-order chi connectivity index (χ0) is 59.2. The lowest BCUT2D eigenvalue weighted by atomic mass is 10.0. The maximum atomic E-state index is 12.5. The standard InChI is InChI=1S/C76H149NO5/c1-3-5-7-9-11-13-15-17-41-45-48-52-56-60-64-68-74(79)73(72-78)77-75(80)69-65-61-57-53-49-46-42-39-37-35-33-31-29-27-25-23-21-19-18-20-22-24-26-28-30-32-34-36-38-40-43-47-51-55-59-63-67-71-82-76(81)70-66-62-58-54-50-44-16-14-12-10-8-6-4-2/h64,68,73-74,78-79H,3-63,65-67,69-72H2,1-2H3,(H,77,80)/b68-64+.